The first-order chi connectivity index (χ1) is 14.5. The van der Waals surface area contributed by atoms with Gasteiger partial charge in [-0.3, -0.25) is 4.79 Å². The molecule has 5 atom stereocenters. The van der Waals surface area contributed by atoms with Crippen molar-refractivity contribution in [3.8, 4) is 11.5 Å². The Labute approximate surface area is 181 Å². The van der Waals surface area contributed by atoms with Crippen molar-refractivity contribution in [2.45, 2.75) is 75.2 Å². The van der Waals surface area contributed by atoms with Crippen molar-refractivity contribution >= 4 is 14.2 Å². The van der Waals surface area contributed by atoms with Gasteiger partial charge < -0.3 is 18.8 Å². The standard InChI is InChI=1S/C22H28F3NO4Si/c1-28-15-7-5-12-11-14-13-6-8-16(30-31(2,3)4)19-21(13,17(12)18(15)29-19)9-10-26(14)20(27)22(23,24)25/h5,7,13-14,16,19H,6,8-11H2,1-4H3/t13?,14-,16?,19?,21+/m1/s1. The van der Waals surface area contributed by atoms with Gasteiger partial charge in [-0.15, -0.1) is 0 Å². The minimum atomic E-state index is -4.86. The van der Waals surface area contributed by atoms with Crippen molar-refractivity contribution in [2.24, 2.45) is 5.92 Å². The zero-order chi connectivity index (χ0) is 22.3. The second-order valence-corrected chi connectivity index (χ2v) is 14.6. The van der Waals surface area contributed by atoms with E-state index >= 15 is 0 Å². The van der Waals surface area contributed by atoms with Gasteiger partial charge in [-0.05, 0) is 62.9 Å². The topological polar surface area (TPSA) is 48.0 Å². The molecule has 2 heterocycles. The Bertz CT molecular complexity index is 931. The normalized spacial score (nSPS) is 33.6. The summed E-state index contributed by atoms with van der Waals surface area (Å²) in [5.74, 6) is -0.434. The quantitative estimate of drug-likeness (QED) is 0.646. The number of carbonyl (C=O) groups excluding carboxylic acids is 1. The summed E-state index contributed by atoms with van der Waals surface area (Å²) >= 11 is 0. The monoisotopic (exact) mass is 455 g/mol. The zero-order valence-electron chi connectivity index (χ0n) is 18.2. The van der Waals surface area contributed by atoms with Crippen molar-refractivity contribution in [3.05, 3.63) is 23.3 Å². The number of hydrogen-bond acceptors (Lipinski definition) is 4. The SMILES string of the molecule is COc1ccc2c3c1OC1C(O[Si](C)(C)C)CCC4[C@@H](C2)N(C(=O)C(F)(F)F)CC[C@]314. The molecule has 2 fully saturated rings. The molecule has 4 aliphatic rings. The summed E-state index contributed by atoms with van der Waals surface area (Å²) in [5, 5.41) is 0. The second-order valence-electron chi connectivity index (χ2n) is 10.2. The van der Waals surface area contributed by atoms with Gasteiger partial charge in [-0.25, -0.2) is 0 Å². The van der Waals surface area contributed by atoms with Crippen LogP contribution in [0, 0.1) is 5.92 Å². The molecule has 9 heteroatoms. The first-order valence-electron chi connectivity index (χ1n) is 10.9. The van der Waals surface area contributed by atoms with E-state index in [0.29, 0.717) is 18.6 Å². The fraction of sp³-hybridized carbons (Fsp3) is 0.682. The number of amides is 1. The van der Waals surface area contributed by atoms with Gasteiger partial charge in [0.25, 0.3) is 0 Å². The molecule has 31 heavy (non-hydrogen) atoms. The van der Waals surface area contributed by atoms with Crippen LogP contribution in [0.3, 0.4) is 0 Å². The number of nitrogens with zero attached hydrogens (tertiary/aromatic N) is 1. The van der Waals surface area contributed by atoms with Crippen LogP contribution in [-0.2, 0) is 21.1 Å². The number of rotatable bonds is 3. The number of alkyl halides is 3. The Kier molecular flexibility index (Phi) is 4.52. The number of halogens is 3. The number of likely N-dealkylation sites (tertiary alicyclic amines) is 1. The van der Waals surface area contributed by atoms with E-state index in [4.69, 9.17) is 13.9 Å². The molecule has 2 aliphatic carbocycles. The molecule has 1 aromatic rings. The summed E-state index contributed by atoms with van der Waals surface area (Å²) < 4.78 is 58.8. The van der Waals surface area contributed by atoms with Gasteiger partial charge in [-0.1, -0.05) is 6.07 Å². The lowest BCUT2D eigenvalue weighted by atomic mass is 9.51. The summed E-state index contributed by atoms with van der Waals surface area (Å²) in [4.78, 5) is 13.4. The fourth-order valence-corrected chi connectivity index (χ4v) is 7.79. The van der Waals surface area contributed by atoms with Crippen molar-refractivity contribution in [1.29, 1.82) is 0 Å². The van der Waals surface area contributed by atoms with Gasteiger partial charge >= 0.3 is 12.1 Å². The molecule has 3 unspecified atom stereocenters. The van der Waals surface area contributed by atoms with Crippen LogP contribution in [0.4, 0.5) is 13.2 Å². The third-order valence-corrected chi connectivity index (χ3v) is 8.49. The van der Waals surface area contributed by atoms with Crippen molar-refractivity contribution < 1.29 is 31.9 Å². The molecule has 0 aromatic heterocycles. The summed E-state index contributed by atoms with van der Waals surface area (Å²) in [5.41, 5.74) is 1.61. The fourth-order valence-electron chi connectivity index (χ4n) is 6.64. The molecule has 5 nitrogen and oxygen atoms in total. The Morgan fingerprint density at radius 1 is 1.26 bits per heavy atom. The van der Waals surface area contributed by atoms with Gasteiger partial charge in [0.05, 0.1) is 13.2 Å². The molecular formula is C22H28F3NO4Si. The lowest BCUT2D eigenvalue weighted by Crippen LogP contribution is -2.69. The Morgan fingerprint density at radius 3 is 2.65 bits per heavy atom. The first kappa shape index (κ1) is 21.1. The average molecular weight is 456 g/mol. The number of methoxy groups -OCH3 is 1. The summed E-state index contributed by atoms with van der Waals surface area (Å²) in [7, 11) is -0.271. The molecule has 1 aromatic carbocycles. The molecule has 2 bridgehead atoms. The van der Waals surface area contributed by atoms with Gasteiger partial charge in [0.1, 0.15) is 6.10 Å². The molecular weight excluding hydrogens is 427 g/mol. The van der Waals surface area contributed by atoms with E-state index in [9.17, 15) is 18.0 Å². The van der Waals surface area contributed by atoms with Crippen LogP contribution in [0.2, 0.25) is 19.6 Å². The molecule has 2 aliphatic heterocycles. The van der Waals surface area contributed by atoms with Crippen LogP contribution in [0.25, 0.3) is 0 Å². The predicted octanol–water partition coefficient (Wildman–Crippen LogP) is 4.04. The Morgan fingerprint density at radius 2 is 2.00 bits per heavy atom. The van der Waals surface area contributed by atoms with Crippen molar-refractivity contribution in [3.63, 3.8) is 0 Å². The molecule has 1 spiro atoms. The average Bonchev–Trinajstić information content (AvgIpc) is 3.01. The minimum absolute atomic E-state index is 0.0785. The minimum Gasteiger partial charge on any atom is -0.493 e. The molecule has 1 saturated heterocycles. The van der Waals surface area contributed by atoms with Crippen LogP contribution in [0.5, 0.6) is 11.5 Å². The van der Waals surface area contributed by atoms with E-state index in [1.54, 1.807) is 7.11 Å². The van der Waals surface area contributed by atoms with Crippen molar-refractivity contribution in [1.82, 2.24) is 4.90 Å². The molecule has 5 rings (SSSR count). The van der Waals surface area contributed by atoms with Crippen LogP contribution in [0.1, 0.15) is 30.4 Å². The summed E-state index contributed by atoms with van der Waals surface area (Å²) in [6.07, 6.45) is -2.95. The maximum atomic E-state index is 13.4. The van der Waals surface area contributed by atoms with Gasteiger partial charge in [0, 0.05) is 23.6 Å². The van der Waals surface area contributed by atoms with Crippen LogP contribution < -0.4 is 9.47 Å². The molecule has 1 saturated carbocycles. The number of benzene rings is 1. The lowest BCUT2D eigenvalue weighted by molar-refractivity contribution is -0.196. The largest absolute Gasteiger partial charge is 0.493 e. The van der Waals surface area contributed by atoms with Gasteiger partial charge in [-0.2, -0.15) is 13.2 Å². The van der Waals surface area contributed by atoms with Crippen LogP contribution >= 0.6 is 0 Å². The highest BCUT2D eigenvalue weighted by Gasteiger charge is 2.67. The molecule has 170 valence electrons. The van der Waals surface area contributed by atoms with E-state index in [2.05, 4.69) is 19.6 Å². The second kappa shape index (κ2) is 6.63. The highest BCUT2D eigenvalue weighted by molar-refractivity contribution is 6.69. The van der Waals surface area contributed by atoms with Crippen LogP contribution in [-0.4, -0.2) is 57.2 Å². The van der Waals surface area contributed by atoms with E-state index < -0.39 is 31.9 Å². The zero-order valence-corrected chi connectivity index (χ0v) is 19.2. The number of piperidine rings is 1. The lowest BCUT2D eigenvalue weighted by Gasteiger charge is -2.59. The number of hydrogen-bond donors (Lipinski definition) is 0. The molecule has 0 N–H and O–H groups in total. The van der Waals surface area contributed by atoms with Gasteiger partial charge in [0.15, 0.2) is 19.8 Å². The number of ether oxygens (including phenoxy) is 2. The Balaban J connectivity index is 1.64. The Hall–Kier alpha value is -1.74. The summed E-state index contributed by atoms with van der Waals surface area (Å²) in [6, 6.07) is 3.27. The summed E-state index contributed by atoms with van der Waals surface area (Å²) in [6.45, 7) is 6.49. The third-order valence-electron chi connectivity index (χ3n) is 7.48. The maximum absolute atomic E-state index is 13.4. The van der Waals surface area contributed by atoms with E-state index in [1.807, 2.05) is 12.1 Å². The maximum Gasteiger partial charge on any atom is 0.471 e. The van der Waals surface area contributed by atoms with Gasteiger partial charge in [0.2, 0.25) is 0 Å². The highest BCUT2D eigenvalue weighted by atomic mass is 28.4. The van der Waals surface area contributed by atoms with E-state index in [1.165, 1.54) is 0 Å². The molecule has 0 radical (unpaired) electrons. The van der Waals surface area contributed by atoms with E-state index in [0.717, 1.165) is 34.6 Å². The first-order valence-corrected chi connectivity index (χ1v) is 14.3. The third kappa shape index (κ3) is 2.95. The predicted molar refractivity (Wildman–Crippen MR) is 110 cm³/mol. The van der Waals surface area contributed by atoms with E-state index in [-0.39, 0.29) is 24.7 Å². The van der Waals surface area contributed by atoms with Crippen molar-refractivity contribution in [2.75, 3.05) is 13.7 Å². The number of carbonyl (C=O) groups is 1. The smallest absolute Gasteiger partial charge is 0.471 e. The van der Waals surface area contributed by atoms with Crippen LogP contribution in [0.15, 0.2) is 12.1 Å². The highest BCUT2D eigenvalue weighted by Crippen LogP contribution is 2.64. The molecule has 1 amide bonds.